The van der Waals surface area contributed by atoms with Crippen LogP contribution in [0, 0.1) is 6.92 Å². The van der Waals surface area contributed by atoms with E-state index < -0.39 is 12.1 Å². The molecule has 0 aliphatic rings. The smallest absolute Gasteiger partial charge is 0.321 e. The van der Waals surface area contributed by atoms with Gasteiger partial charge in [0.1, 0.15) is 17.6 Å². The van der Waals surface area contributed by atoms with Crippen molar-refractivity contribution in [3.8, 4) is 0 Å². The number of hydrogen-bond donors (Lipinski definition) is 3. The van der Waals surface area contributed by atoms with Crippen LogP contribution in [0.5, 0.6) is 0 Å². The fraction of sp³-hybridized carbons (Fsp3) is 0.308. The van der Waals surface area contributed by atoms with Crippen LogP contribution in [0.4, 0.5) is 10.6 Å². The molecule has 0 bridgehead atoms. The van der Waals surface area contributed by atoms with Crippen molar-refractivity contribution in [2.45, 2.75) is 26.4 Å². The third kappa shape index (κ3) is 4.37. The van der Waals surface area contributed by atoms with Crippen LogP contribution in [0.3, 0.4) is 0 Å². The molecule has 8 nitrogen and oxygen atoms in total. The van der Waals surface area contributed by atoms with E-state index in [4.69, 9.17) is 8.94 Å². The van der Waals surface area contributed by atoms with Gasteiger partial charge >= 0.3 is 6.03 Å². The first kappa shape index (κ1) is 14.6. The van der Waals surface area contributed by atoms with Crippen LogP contribution in [0.1, 0.15) is 18.4 Å². The Kier molecular flexibility index (Phi) is 4.60. The minimum absolute atomic E-state index is 0.266. The van der Waals surface area contributed by atoms with E-state index in [1.165, 1.54) is 6.26 Å². The largest absolute Gasteiger partial charge is 0.467 e. The summed E-state index contributed by atoms with van der Waals surface area (Å²) >= 11 is 0. The van der Waals surface area contributed by atoms with Crippen molar-refractivity contribution < 1.29 is 18.5 Å². The van der Waals surface area contributed by atoms with Crippen LogP contribution in [-0.4, -0.2) is 23.1 Å². The van der Waals surface area contributed by atoms with E-state index in [9.17, 15) is 9.59 Å². The average Bonchev–Trinajstić information content (AvgIpc) is 3.07. The first-order valence-corrected chi connectivity index (χ1v) is 6.35. The van der Waals surface area contributed by atoms with Crippen LogP contribution in [-0.2, 0) is 11.3 Å². The first-order valence-electron chi connectivity index (χ1n) is 6.35. The van der Waals surface area contributed by atoms with Crippen molar-refractivity contribution in [3.63, 3.8) is 0 Å². The Labute approximate surface area is 120 Å². The van der Waals surface area contributed by atoms with Crippen molar-refractivity contribution in [1.29, 1.82) is 0 Å². The van der Waals surface area contributed by atoms with Gasteiger partial charge in [0.05, 0.1) is 12.8 Å². The molecule has 0 radical (unpaired) electrons. The lowest BCUT2D eigenvalue weighted by Gasteiger charge is -2.13. The summed E-state index contributed by atoms with van der Waals surface area (Å²) < 4.78 is 9.91. The second kappa shape index (κ2) is 6.60. The molecule has 0 fully saturated rings. The molecule has 0 spiro atoms. The molecule has 0 unspecified atom stereocenters. The summed E-state index contributed by atoms with van der Waals surface area (Å²) in [6.07, 6.45) is 1.52. The van der Waals surface area contributed by atoms with Gasteiger partial charge in [0, 0.05) is 6.07 Å². The van der Waals surface area contributed by atoms with Gasteiger partial charge < -0.3 is 19.6 Å². The van der Waals surface area contributed by atoms with E-state index in [-0.39, 0.29) is 18.3 Å². The van der Waals surface area contributed by atoms with E-state index in [0.717, 1.165) is 0 Å². The van der Waals surface area contributed by atoms with Crippen molar-refractivity contribution in [2.24, 2.45) is 0 Å². The van der Waals surface area contributed by atoms with Crippen LogP contribution < -0.4 is 16.0 Å². The third-order valence-electron chi connectivity index (χ3n) is 2.63. The number of anilines is 1. The number of rotatable bonds is 5. The van der Waals surface area contributed by atoms with Crippen LogP contribution in [0.15, 0.2) is 33.4 Å². The predicted molar refractivity (Wildman–Crippen MR) is 73.4 cm³/mol. The molecule has 2 heterocycles. The minimum atomic E-state index is -0.701. The zero-order valence-corrected chi connectivity index (χ0v) is 11.7. The number of carbonyl (C=O) groups is 2. The lowest BCUT2D eigenvalue weighted by Crippen LogP contribution is -2.46. The maximum absolute atomic E-state index is 11.8. The second-order valence-electron chi connectivity index (χ2n) is 4.44. The van der Waals surface area contributed by atoms with E-state index in [2.05, 4.69) is 21.1 Å². The lowest BCUT2D eigenvalue weighted by atomic mass is 10.3. The highest BCUT2D eigenvalue weighted by atomic mass is 16.5. The van der Waals surface area contributed by atoms with Crippen LogP contribution in [0.2, 0.25) is 0 Å². The number of urea groups is 1. The number of aryl methyl sites for hydroxylation is 1. The number of hydrogen-bond acceptors (Lipinski definition) is 5. The topological polar surface area (TPSA) is 109 Å². The molecule has 112 valence electrons. The minimum Gasteiger partial charge on any atom is -0.467 e. The van der Waals surface area contributed by atoms with E-state index in [0.29, 0.717) is 11.5 Å². The van der Waals surface area contributed by atoms with Gasteiger partial charge in [-0.3, -0.25) is 10.1 Å². The molecule has 2 aromatic rings. The summed E-state index contributed by atoms with van der Waals surface area (Å²) in [5.41, 5.74) is 0. The number of carbonyl (C=O) groups excluding carboxylic acids is 2. The molecular formula is C13H16N4O4. The standard InChI is InChI=1S/C13H16N4O4/c1-8-6-11(17-21-8)16-13(19)15-9(2)12(18)14-7-10-4-3-5-20-10/h3-6,9H,7H2,1-2H3,(H,14,18)(H2,15,16,17,19)/t9-/m1/s1. The summed E-state index contributed by atoms with van der Waals surface area (Å²) in [6.45, 7) is 3.55. The molecule has 0 saturated carbocycles. The molecule has 21 heavy (non-hydrogen) atoms. The Bertz CT molecular complexity index is 605. The molecule has 1 atom stereocenters. The zero-order valence-electron chi connectivity index (χ0n) is 11.7. The van der Waals surface area contributed by atoms with Crippen LogP contribution >= 0.6 is 0 Å². The average molecular weight is 292 g/mol. The molecule has 3 N–H and O–H groups in total. The summed E-state index contributed by atoms with van der Waals surface area (Å²) in [6, 6.07) is 3.81. The van der Waals surface area contributed by atoms with Crippen molar-refractivity contribution in [3.05, 3.63) is 36.0 Å². The van der Waals surface area contributed by atoms with Crippen molar-refractivity contribution >= 4 is 17.8 Å². The number of amides is 3. The Morgan fingerprint density at radius 2 is 2.24 bits per heavy atom. The molecular weight excluding hydrogens is 276 g/mol. The fourth-order valence-electron chi connectivity index (χ4n) is 1.58. The maximum Gasteiger partial charge on any atom is 0.321 e. The summed E-state index contributed by atoms with van der Waals surface area (Å²) in [5, 5.41) is 11.2. The SMILES string of the molecule is Cc1cc(NC(=O)N[C@H](C)C(=O)NCc2ccco2)no1. The highest BCUT2D eigenvalue weighted by Crippen LogP contribution is 2.06. The van der Waals surface area contributed by atoms with E-state index in [1.807, 2.05) is 0 Å². The second-order valence-corrected chi connectivity index (χ2v) is 4.44. The Morgan fingerprint density at radius 1 is 1.43 bits per heavy atom. The predicted octanol–water partition coefficient (Wildman–Crippen LogP) is 1.40. The molecule has 0 aromatic carbocycles. The fourth-order valence-corrected chi connectivity index (χ4v) is 1.58. The highest BCUT2D eigenvalue weighted by molar-refractivity contribution is 5.92. The third-order valence-corrected chi connectivity index (χ3v) is 2.63. The molecule has 0 saturated heterocycles. The molecule has 3 amide bonds. The van der Waals surface area contributed by atoms with Gasteiger partial charge in [-0.2, -0.15) is 0 Å². The molecule has 0 aliphatic carbocycles. The van der Waals surface area contributed by atoms with Crippen molar-refractivity contribution in [2.75, 3.05) is 5.32 Å². The van der Waals surface area contributed by atoms with Gasteiger partial charge in [-0.1, -0.05) is 5.16 Å². The van der Waals surface area contributed by atoms with Gasteiger partial charge in [-0.25, -0.2) is 4.79 Å². The normalized spacial score (nSPS) is 11.7. The Morgan fingerprint density at radius 3 is 2.86 bits per heavy atom. The summed E-state index contributed by atoms with van der Waals surface area (Å²) in [7, 11) is 0. The molecule has 2 aromatic heterocycles. The van der Waals surface area contributed by atoms with Gasteiger partial charge in [-0.05, 0) is 26.0 Å². The number of aromatic nitrogens is 1. The van der Waals surface area contributed by atoms with E-state index in [1.54, 1.807) is 32.0 Å². The maximum atomic E-state index is 11.8. The molecule has 8 heteroatoms. The first-order chi connectivity index (χ1) is 10.0. The zero-order chi connectivity index (χ0) is 15.2. The molecule has 0 aliphatic heterocycles. The van der Waals surface area contributed by atoms with Crippen LogP contribution in [0.25, 0.3) is 0 Å². The molecule has 2 rings (SSSR count). The number of furan rings is 1. The quantitative estimate of drug-likeness (QED) is 0.771. The van der Waals surface area contributed by atoms with Gasteiger partial charge in [0.2, 0.25) is 5.91 Å². The van der Waals surface area contributed by atoms with E-state index >= 15 is 0 Å². The summed E-state index contributed by atoms with van der Waals surface area (Å²) in [5.74, 6) is 1.18. The lowest BCUT2D eigenvalue weighted by molar-refractivity contribution is -0.122. The van der Waals surface area contributed by atoms with Gasteiger partial charge in [-0.15, -0.1) is 0 Å². The number of nitrogens with one attached hydrogen (secondary N) is 3. The Hall–Kier alpha value is -2.77. The monoisotopic (exact) mass is 292 g/mol. The van der Waals surface area contributed by atoms with Gasteiger partial charge in [0.25, 0.3) is 0 Å². The highest BCUT2D eigenvalue weighted by Gasteiger charge is 2.16. The van der Waals surface area contributed by atoms with Gasteiger partial charge in [0.15, 0.2) is 5.82 Å². The number of nitrogens with zero attached hydrogens (tertiary/aromatic N) is 1. The Balaban J connectivity index is 1.75. The van der Waals surface area contributed by atoms with Crippen molar-refractivity contribution in [1.82, 2.24) is 15.8 Å². The summed E-state index contributed by atoms with van der Waals surface area (Å²) in [4.78, 5) is 23.5.